The topological polar surface area (TPSA) is 71.2 Å². The molecule has 3 aromatic rings. The van der Waals surface area contributed by atoms with Crippen molar-refractivity contribution in [3.63, 3.8) is 0 Å². The van der Waals surface area contributed by atoms with Crippen LogP contribution in [-0.2, 0) is 11.2 Å². The second-order valence-electron chi connectivity index (χ2n) is 8.97. The first-order valence-electron chi connectivity index (χ1n) is 11.1. The van der Waals surface area contributed by atoms with Crippen molar-refractivity contribution in [2.75, 3.05) is 25.9 Å². The number of benzene rings is 2. The minimum atomic E-state index is -0.159. The summed E-state index contributed by atoms with van der Waals surface area (Å²) in [6.07, 6.45) is 2.75. The van der Waals surface area contributed by atoms with Crippen molar-refractivity contribution in [2.45, 2.75) is 39.2 Å². The average molecular weight is 417 g/mol. The van der Waals surface area contributed by atoms with Crippen molar-refractivity contribution in [1.29, 1.82) is 0 Å². The zero-order chi connectivity index (χ0) is 22.0. The summed E-state index contributed by atoms with van der Waals surface area (Å²) in [5, 5.41) is 4.27. The monoisotopic (exact) mass is 416 g/mol. The van der Waals surface area contributed by atoms with Gasteiger partial charge in [0.15, 0.2) is 0 Å². The van der Waals surface area contributed by atoms with Crippen molar-refractivity contribution in [1.82, 2.24) is 15.2 Å². The lowest BCUT2D eigenvalue weighted by molar-refractivity contribution is -0.125. The van der Waals surface area contributed by atoms with E-state index in [0.717, 1.165) is 48.0 Å². The Balaban J connectivity index is 1.53. The molecular formula is C26H32N4O. The molecule has 31 heavy (non-hydrogen) atoms. The first kappa shape index (κ1) is 21.3. The molecule has 1 aliphatic heterocycles. The quantitative estimate of drug-likeness (QED) is 0.654. The van der Waals surface area contributed by atoms with Crippen LogP contribution in [0.15, 0.2) is 48.5 Å². The van der Waals surface area contributed by atoms with E-state index < -0.39 is 0 Å². The zero-order valence-electron chi connectivity index (χ0n) is 18.7. The summed E-state index contributed by atoms with van der Waals surface area (Å²) < 4.78 is 0. The highest BCUT2D eigenvalue weighted by Crippen LogP contribution is 2.28. The smallest absolute Gasteiger partial charge is 0.223 e. The predicted octanol–water partition coefficient (Wildman–Crippen LogP) is 4.18. The summed E-state index contributed by atoms with van der Waals surface area (Å²) in [4.78, 5) is 19.7. The zero-order valence-corrected chi connectivity index (χ0v) is 18.7. The van der Waals surface area contributed by atoms with Gasteiger partial charge < -0.3 is 16.0 Å². The van der Waals surface area contributed by atoms with Crippen LogP contribution in [0.1, 0.15) is 30.9 Å². The molecule has 1 saturated heterocycles. The Hall–Kier alpha value is -2.92. The number of nitrogens with zero attached hydrogens (tertiary/aromatic N) is 2. The van der Waals surface area contributed by atoms with Crippen molar-refractivity contribution in [3.05, 3.63) is 59.7 Å². The van der Waals surface area contributed by atoms with Gasteiger partial charge in [-0.1, -0.05) is 37.3 Å². The third-order valence-electron chi connectivity index (χ3n) is 6.33. The molecule has 2 unspecified atom stereocenters. The van der Waals surface area contributed by atoms with E-state index in [0.29, 0.717) is 12.2 Å². The van der Waals surface area contributed by atoms with Crippen LogP contribution in [0.3, 0.4) is 0 Å². The molecule has 1 fully saturated rings. The minimum absolute atomic E-state index is 0.0912. The second kappa shape index (κ2) is 9.06. The number of piperidine rings is 1. The maximum atomic E-state index is 12.8. The van der Waals surface area contributed by atoms with E-state index in [4.69, 9.17) is 5.73 Å². The third-order valence-corrected chi connectivity index (χ3v) is 6.33. The van der Waals surface area contributed by atoms with Gasteiger partial charge in [-0.3, -0.25) is 4.79 Å². The lowest BCUT2D eigenvalue weighted by atomic mass is 9.96. The first-order valence-corrected chi connectivity index (χ1v) is 11.1. The highest BCUT2D eigenvalue weighted by atomic mass is 16.1. The van der Waals surface area contributed by atoms with Crippen LogP contribution in [0.5, 0.6) is 0 Å². The van der Waals surface area contributed by atoms with Crippen LogP contribution >= 0.6 is 0 Å². The minimum Gasteiger partial charge on any atom is -0.383 e. The first-order chi connectivity index (χ1) is 14.9. The largest absolute Gasteiger partial charge is 0.383 e. The lowest BCUT2D eigenvalue weighted by Crippen LogP contribution is -2.47. The number of hydrogen-bond donors (Lipinski definition) is 2. The number of nitrogens with two attached hydrogens (primary N) is 1. The average Bonchev–Trinajstić information content (AvgIpc) is 2.74. The molecule has 5 nitrogen and oxygen atoms in total. The van der Waals surface area contributed by atoms with Gasteiger partial charge in [0, 0.05) is 23.9 Å². The Morgan fingerprint density at radius 1 is 1.26 bits per heavy atom. The number of rotatable bonds is 5. The van der Waals surface area contributed by atoms with E-state index in [1.54, 1.807) is 0 Å². The molecule has 1 amide bonds. The van der Waals surface area contributed by atoms with Gasteiger partial charge in [0.25, 0.3) is 0 Å². The highest BCUT2D eigenvalue weighted by molar-refractivity contribution is 5.87. The Kier molecular flexibility index (Phi) is 6.23. The Morgan fingerprint density at radius 2 is 2.06 bits per heavy atom. The molecule has 0 bridgehead atoms. The predicted molar refractivity (Wildman–Crippen MR) is 128 cm³/mol. The fourth-order valence-corrected chi connectivity index (χ4v) is 4.51. The molecule has 1 aromatic heterocycles. The number of nitrogen functional groups attached to an aromatic ring is 1. The number of aryl methyl sites for hydroxylation is 1. The fraction of sp³-hybridized carbons (Fsp3) is 0.385. The number of nitrogens with one attached hydrogen (secondary N) is 1. The summed E-state index contributed by atoms with van der Waals surface area (Å²) in [5.41, 5.74) is 11.7. The molecule has 2 atom stereocenters. The normalized spacial score (nSPS) is 18.1. The van der Waals surface area contributed by atoms with Gasteiger partial charge in [0.1, 0.15) is 5.82 Å². The number of hydrogen-bond acceptors (Lipinski definition) is 4. The van der Waals surface area contributed by atoms with Gasteiger partial charge in [-0.05, 0) is 80.2 Å². The van der Waals surface area contributed by atoms with E-state index in [1.807, 2.05) is 13.0 Å². The number of aromatic nitrogens is 1. The molecule has 0 radical (unpaired) electrons. The Bertz CT molecular complexity index is 1090. The van der Waals surface area contributed by atoms with Gasteiger partial charge in [0.05, 0.1) is 5.52 Å². The van der Waals surface area contributed by atoms with E-state index >= 15 is 0 Å². The number of likely N-dealkylation sites (tertiary alicyclic amines) is 1. The molecule has 0 aliphatic carbocycles. The Morgan fingerprint density at radius 3 is 2.84 bits per heavy atom. The molecule has 2 heterocycles. The highest BCUT2D eigenvalue weighted by Gasteiger charge is 2.22. The molecular weight excluding hydrogens is 384 g/mol. The van der Waals surface area contributed by atoms with Crippen LogP contribution in [0, 0.1) is 12.8 Å². The van der Waals surface area contributed by atoms with Crippen LogP contribution in [0.4, 0.5) is 5.82 Å². The van der Waals surface area contributed by atoms with Gasteiger partial charge in [-0.25, -0.2) is 4.98 Å². The molecule has 1 aliphatic rings. The van der Waals surface area contributed by atoms with Crippen LogP contribution in [-0.4, -0.2) is 42.0 Å². The molecule has 0 saturated carbocycles. The lowest BCUT2D eigenvalue weighted by Gasteiger charge is -2.31. The van der Waals surface area contributed by atoms with Gasteiger partial charge >= 0.3 is 0 Å². The molecule has 5 heteroatoms. The summed E-state index contributed by atoms with van der Waals surface area (Å²) in [6.45, 7) is 6.11. The van der Waals surface area contributed by atoms with Gasteiger partial charge in [-0.15, -0.1) is 0 Å². The van der Waals surface area contributed by atoms with Crippen LogP contribution in [0.25, 0.3) is 22.0 Å². The number of carbonyl (C=O) groups excluding carboxylic acids is 1. The van der Waals surface area contributed by atoms with Gasteiger partial charge in [0.2, 0.25) is 5.91 Å². The number of fused-ring (bicyclic) bond motifs is 1. The van der Waals surface area contributed by atoms with E-state index in [1.165, 1.54) is 11.1 Å². The van der Waals surface area contributed by atoms with E-state index in [9.17, 15) is 4.79 Å². The fourth-order valence-electron chi connectivity index (χ4n) is 4.51. The number of carbonyl (C=O) groups is 1. The number of anilines is 1. The summed E-state index contributed by atoms with van der Waals surface area (Å²) in [5.74, 6) is 0.440. The Labute approximate surface area is 184 Å². The number of pyridine rings is 1. The molecule has 2 aromatic carbocycles. The molecule has 4 rings (SSSR count). The van der Waals surface area contributed by atoms with E-state index in [-0.39, 0.29) is 17.9 Å². The molecule has 162 valence electrons. The number of amides is 1. The summed E-state index contributed by atoms with van der Waals surface area (Å²) >= 11 is 0. The van der Waals surface area contributed by atoms with Crippen LogP contribution in [0.2, 0.25) is 0 Å². The third kappa shape index (κ3) is 4.88. The van der Waals surface area contributed by atoms with Crippen molar-refractivity contribution in [3.8, 4) is 11.1 Å². The van der Waals surface area contributed by atoms with Crippen molar-refractivity contribution in [2.24, 2.45) is 5.92 Å². The van der Waals surface area contributed by atoms with Crippen LogP contribution < -0.4 is 11.1 Å². The standard InChI is InChI=1S/C26H32N4O/c1-17-7-4-5-9-23(17)19-10-11-24-20(14-19)15-21(25(27)29-24)13-18(2)26(31)28-22-8-6-12-30(3)16-22/h4-5,7,9-11,14-15,18,22H,6,8,12-13,16H2,1-3H3,(H2,27,29)(H,28,31). The molecule has 3 N–H and O–H groups in total. The van der Waals surface area contributed by atoms with E-state index in [2.05, 4.69) is 71.6 Å². The van der Waals surface area contributed by atoms with Crippen molar-refractivity contribution >= 4 is 22.6 Å². The summed E-state index contributed by atoms with van der Waals surface area (Å²) in [7, 11) is 2.11. The SMILES string of the molecule is Cc1ccccc1-c1ccc2nc(N)c(CC(C)C(=O)NC3CCCN(C)C3)cc2c1. The summed E-state index contributed by atoms with van der Waals surface area (Å²) in [6, 6.07) is 17.0. The number of likely N-dealkylation sites (N-methyl/N-ethyl adjacent to an activating group) is 1. The molecule has 0 spiro atoms. The maximum Gasteiger partial charge on any atom is 0.223 e. The second-order valence-corrected chi connectivity index (χ2v) is 8.97. The van der Waals surface area contributed by atoms with Crippen molar-refractivity contribution < 1.29 is 4.79 Å². The maximum absolute atomic E-state index is 12.8. The van der Waals surface area contributed by atoms with Gasteiger partial charge in [-0.2, -0.15) is 0 Å².